The first kappa shape index (κ1) is 19.2. The second-order valence-electron chi connectivity index (χ2n) is 6.76. The van der Waals surface area contributed by atoms with Crippen LogP contribution in [0.3, 0.4) is 0 Å². The van der Waals surface area contributed by atoms with Crippen LogP contribution in [-0.4, -0.2) is 16.7 Å². The Morgan fingerprint density at radius 3 is 2.89 bits per heavy atom. The Hall–Kier alpha value is -2.15. The highest BCUT2D eigenvalue weighted by molar-refractivity contribution is 7.07. The quantitative estimate of drug-likeness (QED) is 0.709. The first-order valence-electron chi connectivity index (χ1n) is 8.84. The highest BCUT2D eigenvalue weighted by atomic mass is 35.5. The number of hydrogen-bond acceptors (Lipinski definition) is 5. The van der Waals surface area contributed by atoms with Crippen LogP contribution in [0.5, 0.6) is 0 Å². The summed E-state index contributed by atoms with van der Waals surface area (Å²) in [5.41, 5.74) is 5.55. The average Bonchev–Trinajstić information content (AvgIpc) is 3.18. The zero-order valence-electron chi connectivity index (χ0n) is 15.0. The molecular weight excluding hydrogens is 417 g/mol. The molecule has 0 saturated carbocycles. The summed E-state index contributed by atoms with van der Waals surface area (Å²) in [7, 11) is 0. The number of ketones is 1. The number of halogens is 2. The molecule has 4 rings (SSSR count). The second-order valence-corrected chi connectivity index (χ2v) is 8.32. The van der Waals surface area contributed by atoms with Crippen LogP contribution in [0.2, 0.25) is 10.0 Å². The smallest absolute Gasteiger partial charge is 0.254 e. The Balaban J connectivity index is 1.76. The molecule has 2 aromatic rings. The van der Waals surface area contributed by atoms with Crippen molar-refractivity contribution in [2.45, 2.75) is 32.1 Å². The van der Waals surface area contributed by atoms with Gasteiger partial charge < -0.3 is 10.6 Å². The van der Waals surface area contributed by atoms with E-state index in [1.54, 1.807) is 23.7 Å². The van der Waals surface area contributed by atoms with Gasteiger partial charge in [-0.3, -0.25) is 9.59 Å². The van der Waals surface area contributed by atoms with Crippen LogP contribution in [0.15, 0.2) is 51.6 Å². The van der Waals surface area contributed by atoms with Crippen molar-refractivity contribution in [3.8, 4) is 0 Å². The summed E-state index contributed by atoms with van der Waals surface area (Å²) in [4.78, 5) is 30.4. The molecule has 28 heavy (non-hydrogen) atoms. The van der Waals surface area contributed by atoms with Crippen molar-refractivity contribution in [1.29, 1.82) is 0 Å². The number of thiazole rings is 1. The minimum atomic E-state index is -0.492. The van der Waals surface area contributed by atoms with E-state index in [0.717, 1.165) is 18.5 Å². The zero-order valence-corrected chi connectivity index (χ0v) is 17.3. The van der Waals surface area contributed by atoms with Gasteiger partial charge in [-0.15, -0.1) is 11.3 Å². The fraction of sp³-hybridized carbons (Fsp3) is 0.250. The SMILES string of the molecule is CC1=C(C(=O)Nc2cc(Cl)ccc2Cl)C(c2cscn2)C2=C(CCCC2=O)N1. The number of carbonyl (C=O) groups is 2. The molecular formula is C20H17Cl2N3O2S. The number of benzene rings is 1. The molecule has 144 valence electrons. The van der Waals surface area contributed by atoms with Crippen molar-refractivity contribution in [2.24, 2.45) is 0 Å². The van der Waals surface area contributed by atoms with Gasteiger partial charge in [0.1, 0.15) is 0 Å². The maximum atomic E-state index is 13.3. The molecule has 5 nitrogen and oxygen atoms in total. The molecule has 1 atom stereocenters. The standard InChI is InChI=1S/C20H17Cl2N3O2S/c1-10-17(20(27)25-14-7-11(21)5-6-12(14)22)19(15-8-28-9-23-15)18-13(24-10)3-2-4-16(18)26/h5-9,19,24H,2-4H2,1H3,(H,25,27). The van der Waals surface area contributed by atoms with Crippen LogP contribution in [-0.2, 0) is 9.59 Å². The molecule has 2 N–H and O–H groups in total. The minimum Gasteiger partial charge on any atom is -0.362 e. The van der Waals surface area contributed by atoms with E-state index < -0.39 is 5.92 Å². The Kier molecular flexibility index (Phi) is 5.27. The molecule has 1 aliphatic carbocycles. The van der Waals surface area contributed by atoms with Crippen molar-refractivity contribution in [3.63, 3.8) is 0 Å². The number of Topliss-reactive ketones (excluding diaryl/α,β-unsaturated/α-hetero) is 1. The number of allylic oxidation sites excluding steroid dienone is 3. The number of carbonyl (C=O) groups excluding carboxylic acids is 2. The lowest BCUT2D eigenvalue weighted by Gasteiger charge is -2.33. The normalized spacial score (nSPS) is 19.4. The lowest BCUT2D eigenvalue weighted by molar-refractivity contribution is -0.116. The van der Waals surface area contributed by atoms with Crippen molar-refractivity contribution in [1.82, 2.24) is 10.3 Å². The van der Waals surface area contributed by atoms with Crippen LogP contribution >= 0.6 is 34.5 Å². The van der Waals surface area contributed by atoms with E-state index in [1.165, 1.54) is 11.3 Å². The van der Waals surface area contributed by atoms with E-state index >= 15 is 0 Å². The third-order valence-corrected chi connectivity index (χ3v) is 6.11. The lowest BCUT2D eigenvalue weighted by atomic mass is 9.77. The lowest BCUT2D eigenvalue weighted by Crippen LogP contribution is -2.35. The summed E-state index contributed by atoms with van der Waals surface area (Å²) in [6.07, 6.45) is 2.07. The molecule has 1 aliphatic heterocycles. The van der Waals surface area contributed by atoms with Crippen LogP contribution < -0.4 is 10.6 Å². The van der Waals surface area contributed by atoms with Crippen LogP contribution in [0, 0.1) is 0 Å². The molecule has 1 unspecified atom stereocenters. The number of anilines is 1. The van der Waals surface area contributed by atoms with Gasteiger partial charge in [0.25, 0.3) is 5.91 Å². The van der Waals surface area contributed by atoms with Gasteiger partial charge in [-0.2, -0.15) is 0 Å². The van der Waals surface area contributed by atoms with Crippen LogP contribution in [0.1, 0.15) is 37.8 Å². The second kappa shape index (κ2) is 7.70. The van der Waals surface area contributed by atoms with Crippen molar-refractivity contribution in [2.75, 3.05) is 5.32 Å². The first-order chi connectivity index (χ1) is 13.5. The van der Waals surface area contributed by atoms with E-state index in [-0.39, 0.29) is 11.7 Å². The summed E-state index contributed by atoms with van der Waals surface area (Å²) >= 11 is 13.7. The van der Waals surface area contributed by atoms with Gasteiger partial charge in [0.05, 0.1) is 27.8 Å². The highest BCUT2D eigenvalue weighted by Crippen LogP contribution is 2.42. The molecule has 0 fully saturated rings. The maximum Gasteiger partial charge on any atom is 0.254 e. The number of dihydropyridines is 1. The van der Waals surface area contributed by atoms with E-state index in [9.17, 15) is 9.59 Å². The number of nitrogens with zero attached hydrogens (tertiary/aromatic N) is 1. The van der Waals surface area contributed by atoms with E-state index in [2.05, 4.69) is 15.6 Å². The number of nitrogens with one attached hydrogen (secondary N) is 2. The third kappa shape index (κ3) is 3.48. The number of hydrogen-bond donors (Lipinski definition) is 2. The molecule has 0 saturated heterocycles. The molecule has 1 aromatic heterocycles. The Morgan fingerprint density at radius 1 is 1.32 bits per heavy atom. The largest absolute Gasteiger partial charge is 0.362 e. The Morgan fingerprint density at radius 2 is 2.14 bits per heavy atom. The Bertz CT molecular complexity index is 1030. The molecule has 0 spiro atoms. The molecule has 1 amide bonds. The summed E-state index contributed by atoms with van der Waals surface area (Å²) < 4.78 is 0. The summed E-state index contributed by atoms with van der Waals surface area (Å²) in [6.45, 7) is 1.84. The monoisotopic (exact) mass is 433 g/mol. The first-order valence-corrected chi connectivity index (χ1v) is 10.5. The average molecular weight is 434 g/mol. The number of aromatic nitrogens is 1. The van der Waals surface area contributed by atoms with Crippen LogP contribution in [0.25, 0.3) is 0 Å². The Labute approximate surface area is 176 Å². The van der Waals surface area contributed by atoms with Gasteiger partial charge in [0, 0.05) is 39.4 Å². The summed E-state index contributed by atoms with van der Waals surface area (Å²) in [5.74, 6) is -0.768. The van der Waals surface area contributed by atoms with Gasteiger partial charge in [0.15, 0.2) is 5.78 Å². The van der Waals surface area contributed by atoms with Crippen LogP contribution in [0.4, 0.5) is 5.69 Å². The van der Waals surface area contributed by atoms with Gasteiger partial charge in [-0.05, 0) is 38.0 Å². The van der Waals surface area contributed by atoms with Crippen molar-refractivity contribution >= 4 is 51.9 Å². The molecule has 1 aromatic carbocycles. The molecule has 2 aliphatic rings. The topological polar surface area (TPSA) is 71.1 Å². The van der Waals surface area contributed by atoms with Crippen molar-refractivity contribution < 1.29 is 9.59 Å². The number of amides is 1. The fourth-order valence-corrected chi connectivity index (χ4v) is 4.64. The zero-order chi connectivity index (χ0) is 19.8. The fourth-order valence-electron chi connectivity index (χ4n) is 3.73. The van der Waals surface area contributed by atoms with Gasteiger partial charge in [-0.25, -0.2) is 4.98 Å². The predicted molar refractivity (Wildman–Crippen MR) is 112 cm³/mol. The predicted octanol–water partition coefficient (Wildman–Crippen LogP) is 5.06. The maximum absolute atomic E-state index is 13.3. The van der Waals surface area contributed by atoms with E-state index in [1.807, 2.05) is 12.3 Å². The van der Waals surface area contributed by atoms with Crippen molar-refractivity contribution in [3.05, 3.63) is 67.4 Å². The van der Waals surface area contributed by atoms with Gasteiger partial charge in [0.2, 0.25) is 0 Å². The molecule has 2 heterocycles. The van der Waals surface area contributed by atoms with Gasteiger partial charge >= 0.3 is 0 Å². The molecule has 0 bridgehead atoms. The molecule has 0 radical (unpaired) electrons. The minimum absolute atomic E-state index is 0.0605. The van der Waals surface area contributed by atoms with Gasteiger partial charge in [-0.1, -0.05) is 23.2 Å². The summed E-state index contributed by atoms with van der Waals surface area (Å²) in [6, 6.07) is 4.88. The van der Waals surface area contributed by atoms with E-state index in [0.29, 0.717) is 44.7 Å². The number of rotatable bonds is 3. The van der Waals surface area contributed by atoms with E-state index in [4.69, 9.17) is 23.2 Å². The third-order valence-electron chi connectivity index (χ3n) is 4.94. The highest BCUT2D eigenvalue weighted by Gasteiger charge is 2.39. The molecule has 8 heteroatoms. The summed E-state index contributed by atoms with van der Waals surface area (Å²) in [5, 5.41) is 8.86.